The Morgan fingerprint density at radius 2 is 0.638 bits per heavy atom. The Balaban J connectivity index is 1.24. The first kappa shape index (κ1) is 38.5. The van der Waals surface area contributed by atoms with Crippen LogP contribution in [0.15, 0.2) is 194 Å². The number of nitriles is 2. The zero-order chi connectivity index (χ0) is 45.5. The summed E-state index contributed by atoms with van der Waals surface area (Å²) < 4.78 is 11.7. The van der Waals surface area contributed by atoms with E-state index < -0.39 is 0 Å². The molecule has 0 aliphatic rings. The summed E-state index contributed by atoms with van der Waals surface area (Å²) in [5.74, 6) is 0. The van der Waals surface area contributed by atoms with Crippen molar-refractivity contribution in [2.45, 2.75) is 0 Å². The Labute approximate surface area is 406 Å². The van der Waals surface area contributed by atoms with Crippen LogP contribution in [0.2, 0.25) is 0 Å². The Kier molecular flexibility index (Phi) is 8.08. The first-order valence-corrected chi connectivity index (χ1v) is 25.3. The number of rotatable bonds is 4. The van der Waals surface area contributed by atoms with Gasteiger partial charge >= 0.3 is 0 Å². The molecule has 5 heterocycles. The van der Waals surface area contributed by atoms with E-state index in [1.165, 1.54) is 30.3 Å². The highest BCUT2D eigenvalue weighted by molar-refractivity contribution is 7.27. The molecule has 0 fully saturated rings. The molecule has 7 heteroatoms. The summed E-state index contributed by atoms with van der Waals surface area (Å²) in [6, 6.07) is 74.4. The number of nitrogens with zero attached hydrogens (tertiary/aromatic N) is 4. The lowest BCUT2D eigenvalue weighted by Crippen LogP contribution is -2.11. The summed E-state index contributed by atoms with van der Waals surface area (Å²) >= 11 is 5.36. The van der Waals surface area contributed by atoms with Gasteiger partial charge in [-0.2, -0.15) is 10.5 Å². The molecule has 69 heavy (non-hydrogen) atoms. The van der Waals surface area contributed by atoms with Crippen LogP contribution in [0.25, 0.3) is 138 Å². The van der Waals surface area contributed by atoms with E-state index in [-0.39, 0.29) is 0 Å². The minimum Gasteiger partial charge on any atom is -0.306 e. The lowest BCUT2D eigenvalue weighted by Gasteiger charge is -2.25. The van der Waals surface area contributed by atoms with Gasteiger partial charge in [-0.1, -0.05) is 170 Å². The molecule has 0 unspecified atom stereocenters. The number of hydrogen-bond acceptors (Lipinski definition) is 5. The summed E-state index contributed by atoms with van der Waals surface area (Å²) in [6.45, 7) is 0. The zero-order valence-corrected chi connectivity index (χ0v) is 38.9. The molecular weight excluding hydrogens is 897 g/mol. The first-order valence-electron chi connectivity index (χ1n) is 22.9. The molecule has 15 aromatic rings. The first-order chi connectivity index (χ1) is 34.2. The van der Waals surface area contributed by atoms with Gasteiger partial charge in [-0.25, -0.2) is 0 Å². The maximum absolute atomic E-state index is 12.4. The minimum atomic E-state index is 0.497. The van der Waals surface area contributed by atoms with Gasteiger partial charge in [0.25, 0.3) is 0 Å². The smallest absolute Gasteiger partial charge is 0.102 e. The van der Waals surface area contributed by atoms with Crippen LogP contribution in [0.4, 0.5) is 0 Å². The molecule has 0 spiro atoms. The molecule has 10 aromatic carbocycles. The molecule has 0 N–H and O–H groups in total. The molecule has 318 valence electrons. The van der Waals surface area contributed by atoms with Crippen molar-refractivity contribution in [1.82, 2.24) is 9.13 Å². The van der Waals surface area contributed by atoms with Crippen molar-refractivity contribution >= 4 is 138 Å². The van der Waals surface area contributed by atoms with E-state index in [0.717, 1.165) is 85.0 Å². The summed E-state index contributed by atoms with van der Waals surface area (Å²) in [4.78, 5) is 0. The molecule has 0 atom stereocenters. The topological polar surface area (TPSA) is 57.4 Å². The largest absolute Gasteiger partial charge is 0.306 e. The summed E-state index contributed by atoms with van der Waals surface area (Å²) in [7, 11) is 0. The minimum absolute atomic E-state index is 0.497. The fourth-order valence-corrected chi connectivity index (χ4v) is 15.1. The van der Waals surface area contributed by atoms with Crippen LogP contribution in [0.1, 0.15) is 11.1 Å². The van der Waals surface area contributed by atoms with Gasteiger partial charge in [0.2, 0.25) is 0 Å². The van der Waals surface area contributed by atoms with Crippen LogP contribution in [0.5, 0.6) is 0 Å². The molecule has 0 aliphatic heterocycles. The van der Waals surface area contributed by atoms with Gasteiger partial charge < -0.3 is 9.13 Å². The number of benzene rings is 10. The van der Waals surface area contributed by atoms with Crippen LogP contribution in [0.3, 0.4) is 0 Å². The predicted octanol–water partition coefficient (Wildman–Crippen LogP) is 18.1. The molecule has 0 aliphatic carbocycles. The summed E-state index contributed by atoms with van der Waals surface area (Å²) in [5.41, 5.74) is 9.59. The van der Waals surface area contributed by atoms with E-state index in [1.807, 2.05) is 36.4 Å². The van der Waals surface area contributed by atoms with Gasteiger partial charge in [-0.15, -0.1) is 34.0 Å². The monoisotopic (exact) mass is 928 g/mol. The Morgan fingerprint density at radius 3 is 1.07 bits per heavy atom. The summed E-state index contributed by atoms with van der Waals surface area (Å²) in [5, 5.41) is 36.1. The van der Waals surface area contributed by atoms with E-state index in [4.69, 9.17) is 0 Å². The van der Waals surface area contributed by atoms with Crippen LogP contribution in [-0.4, -0.2) is 9.13 Å². The molecule has 0 saturated carbocycles. The second-order valence-corrected chi connectivity index (χ2v) is 20.8. The third-order valence-corrected chi connectivity index (χ3v) is 17.8. The van der Waals surface area contributed by atoms with Crippen molar-refractivity contribution in [3.8, 4) is 45.8 Å². The van der Waals surface area contributed by atoms with Gasteiger partial charge in [0.05, 0.1) is 58.7 Å². The van der Waals surface area contributed by atoms with Gasteiger partial charge in [0, 0.05) is 79.1 Å². The molecular formula is C62H32N4S3. The SMILES string of the molecule is N#Cc1c(-c2ccccc2)c(-n2c3c(ccc4c5ccccc5sc43)c3ccc4c5ccccc5sc4c32)c(C#N)c(-c2ccccc2)c1-n1c2ccccc2c2ccc3c4ccccc4sc3c21. The third-order valence-electron chi connectivity index (χ3n) is 14.2. The number of aromatic nitrogens is 2. The van der Waals surface area contributed by atoms with Crippen LogP contribution >= 0.6 is 34.0 Å². The molecule has 0 amide bonds. The zero-order valence-electron chi connectivity index (χ0n) is 36.5. The maximum Gasteiger partial charge on any atom is 0.102 e. The quantitative estimate of drug-likeness (QED) is 0.177. The van der Waals surface area contributed by atoms with E-state index in [9.17, 15) is 10.5 Å². The van der Waals surface area contributed by atoms with E-state index in [2.05, 4.69) is 179 Å². The van der Waals surface area contributed by atoms with Crippen LogP contribution in [-0.2, 0) is 0 Å². The normalized spacial score (nSPS) is 12.0. The van der Waals surface area contributed by atoms with Crippen molar-refractivity contribution in [1.29, 1.82) is 10.5 Å². The lowest BCUT2D eigenvalue weighted by atomic mass is 9.86. The number of fused-ring (bicyclic) bond motifs is 18. The predicted molar refractivity (Wildman–Crippen MR) is 294 cm³/mol. The number of para-hydroxylation sites is 1. The van der Waals surface area contributed by atoms with Crippen molar-refractivity contribution in [3.63, 3.8) is 0 Å². The Bertz CT molecular complexity index is 4670. The van der Waals surface area contributed by atoms with E-state index in [1.54, 1.807) is 34.0 Å². The fraction of sp³-hybridized carbons (Fsp3) is 0. The molecule has 0 radical (unpaired) electrons. The average molecular weight is 929 g/mol. The average Bonchev–Trinajstić information content (AvgIpc) is 4.23. The second kappa shape index (κ2) is 14.5. The van der Waals surface area contributed by atoms with E-state index >= 15 is 0 Å². The highest BCUT2D eigenvalue weighted by Crippen LogP contribution is 2.53. The van der Waals surface area contributed by atoms with Crippen LogP contribution < -0.4 is 0 Å². The highest BCUT2D eigenvalue weighted by atomic mass is 32.1. The van der Waals surface area contributed by atoms with Gasteiger partial charge in [0.15, 0.2) is 0 Å². The fourth-order valence-electron chi connectivity index (χ4n) is 11.4. The summed E-state index contributed by atoms with van der Waals surface area (Å²) in [6.07, 6.45) is 0. The Morgan fingerprint density at radius 1 is 0.304 bits per heavy atom. The lowest BCUT2D eigenvalue weighted by molar-refractivity contribution is 1.14. The third kappa shape index (κ3) is 5.19. The van der Waals surface area contributed by atoms with Crippen molar-refractivity contribution < 1.29 is 0 Å². The molecule has 4 nitrogen and oxygen atoms in total. The molecule has 5 aromatic heterocycles. The van der Waals surface area contributed by atoms with Crippen molar-refractivity contribution in [2.75, 3.05) is 0 Å². The standard InChI is InChI=1S/C62H32N4S3/c63-33-47-54(36-17-5-2-6-18-36)56(66-58-42(28-31-45-39-21-9-13-25-51(39)68-61(45)58)43-29-32-46-40-22-10-14-26-52(40)69-62(46)59(43)66)48(34-64)53(35-15-3-1-4-16-35)55(47)65-49-23-11-7-19-37(49)41-27-30-44-38-20-8-12-24-50(38)67-60(44)57(41)65/h1-32H. The van der Waals surface area contributed by atoms with Crippen LogP contribution in [0, 0.1) is 22.7 Å². The molecule has 0 bridgehead atoms. The van der Waals surface area contributed by atoms with Gasteiger partial charge in [-0.05, 0) is 35.4 Å². The second-order valence-electron chi connectivity index (χ2n) is 17.7. The Hall–Kier alpha value is -8.56. The van der Waals surface area contributed by atoms with Gasteiger partial charge in [0.1, 0.15) is 12.1 Å². The highest BCUT2D eigenvalue weighted by Gasteiger charge is 2.33. The molecule has 15 rings (SSSR count). The number of hydrogen-bond donors (Lipinski definition) is 0. The van der Waals surface area contributed by atoms with E-state index in [0.29, 0.717) is 33.6 Å². The number of thiophene rings is 3. The van der Waals surface area contributed by atoms with Crippen molar-refractivity contribution in [2.24, 2.45) is 0 Å². The van der Waals surface area contributed by atoms with Crippen molar-refractivity contribution in [3.05, 3.63) is 205 Å². The molecule has 0 saturated heterocycles. The maximum atomic E-state index is 12.4. The van der Waals surface area contributed by atoms with Gasteiger partial charge in [-0.3, -0.25) is 0 Å².